The summed E-state index contributed by atoms with van der Waals surface area (Å²) in [5.41, 5.74) is 4.34. The molecule has 0 bridgehead atoms. The van der Waals surface area contributed by atoms with Crippen LogP contribution in [-0.2, 0) is 17.8 Å². The molecule has 26 heavy (non-hydrogen) atoms. The molecule has 0 spiro atoms. The van der Waals surface area contributed by atoms with Crippen molar-refractivity contribution in [1.82, 2.24) is 25.5 Å². The van der Waals surface area contributed by atoms with Crippen LogP contribution in [0.1, 0.15) is 36.6 Å². The number of carbonyl (C=O) groups excluding carboxylic acids is 1. The van der Waals surface area contributed by atoms with Crippen molar-refractivity contribution in [1.29, 1.82) is 0 Å². The maximum Gasteiger partial charge on any atom is 0.244 e. The molecule has 0 aliphatic carbocycles. The Morgan fingerprint density at radius 1 is 1.15 bits per heavy atom. The number of amides is 1. The predicted octanol–water partition coefficient (Wildman–Crippen LogP) is 3.09. The van der Waals surface area contributed by atoms with Crippen LogP contribution in [0.5, 0.6) is 0 Å². The summed E-state index contributed by atoms with van der Waals surface area (Å²) < 4.78 is 0. The standard InChI is InChI=1S/C20H23N5O/c1-4-16-9-11-17(12-10-16)15(3)21-19(26)13-25-23-20(22-24-25)18-8-6-5-7-14(18)2/h5-12,15H,4,13H2,1-3H3,(H,21,26)/t15-/m0/s1. The quantitative estimate of drug-likeness (QED) is 0.742. The van der Waals surface area contributed by atoms with Gasteiger partial charge in [-0.15, -0.1) is 10.2 Å². The highest BCUT2D eigenvalue weighted by molar-refractivity contribution is 5.76. The summed E-state index contributed by atoms with van der Waals surface area (Å²) in [6.07, 6.45) is 1.00. The Labute approximate surface area is 153 Å². The fourth-order valence-corrected chi connectivity index (χ4v) is 2.78. The molecule has 3 rings (SSSR count). The molecule has 1 aromatic heterocycles. The van der Waals surface area contributed by atoms with E-state index in [4.69, 9.17) is 0 Å². The summed E-state index contributed by atoms with van der Waals surface area (Å²) in [6, 6.07) is 16.0. The third-order valence-corrected chi connectivity index (χ3v) is 4.39. The van der Waals surface area contributed by atoms with E-state index in [9.17, 15) is 4.79 Å². The highest BCUT2D eigenvalue weighted by Gasteiger charge is 2.13. The number of rotatable bonds is 6. The van der Waals surface area contributed by atoms with Gasteiger partial charge in [0.25, 0.3) is 0 Å². The van der Waals surface area contributed by atoms with Gasteiger partial charge in [-0.05, 0) is 42.2 Å². The van der Waals surface area contributed by atoms with Crippen LogP contribution in [0.15, 0.2) is 48.5 Å². The van der Waals surface area contributed by atoms with Crippen LogP contribution in [0.3, 0.4) is 0 Å². The summed E-state index contributed by atoms with van der Waals surface area (Å²) in [5.74, 6) is 0.380. The Balaban J connectivity index is 1.62. The van der Waals surface area contributed by atoms with Gasteiger partial charge in [0.1, 0.15) is 6.54 Å². The van der Waals surface area contributed by atoms with Crippen LogP contribution >= 0.6 is 0 Å². The SMILES string of the molecule is CCc1ccc([C@H](C)NC(=O)Cn2nnc(-c3ccccc3C)n2)cc1. The molecule has 0 fully saturated rings. The minimum atomic E-state index is -0.147. The molecule has 6 heteroatoms. The lowest BCUT2D eigenvalue weighted by Crippen LogP contribution is -2.30. The first-order chi connectivity index (χ1) is 12.6. The Bertz CT molecular complexity index is 885. The van der Waals surface area contributed by atoms with E-state index in [1.807, 2.05) is 50.2 Å². The van der Waals surface area contributed by atoms with Crippen LogP contribution in [0.25, 0.3) is 11.4 Å². The summed E-state index contributed by atoms with van der Waals surface area (Å²) in [6.45, 7) is 6.12. The molecule has 1 atom stereocenters. The Hall–Kier alpha value is -3.02. The molecule has 0 saturated heterocycles. The van der Waals surface area contributed by atoms with Crippen molar-refractivity contribution in [3.8, 4) is 11.4 Å². The zero-order valence-electron chi connectivity index (χ0n) is 15.3. The molecular weight excluding hydrogens is 326 g/mol. The summed E-state index contributed by atoms with van der Waals surface area (Å²) in [5, 5.41) is 15.3. The molecule has 1 amide bonds. The number of aryl methyl sites for hydroxylation is 2. The van der Waals surface area contributed by atoms with Gasteiger partial charge in [-0.2, -0.15) is 4.80 Å². The molecule has 1 N–H and O–H groups in total. The summed E-state index contributed by atoms with van der Waals surface area (Å²) in [4.78, 5) is 13.6. The maximum absolute atomic E-state index is 12.3. The predicted molar refractivity (Wildman–Crippen MR) is 100 cm³/mol. The van der Waals surface area contributed by atoms with E-state index in [0.717, 1.165) is 23.1 Å². The number of hydrogen-bond donors (Lipinski definition) is 1. The number of hydrogen-bond acceptors (Lipinski definition) is 4. The van der Waals surface area contributed by atoms with Crippen molar-refractivity contribution >= 4 is 5.91 Å². The highest BCUT2D eigenvalue weighted by atomic mass is 16.2. The van der Waals surface area contributed by atoms with Gasteiger partial charge >= 0.3 is 0 Å². The van der Waals surface area contributed by atoms with Gasteiger partial charge in [-0.3, -0.25) is 4.79 Å². The highest BCUT2D eigenvalue weighted by Crippen LogP contribution is 2.18. The lowest BCUT2D eigenvalue weighted by molar-refractivity contribution is -0.122. The van der Waals surface area contributed by atoms with Crippen molar-refractivity contribution < 1.29 is 4.79 Å². The van der Waals surface area contributed by atoms with Crippen LogP contribution in [-0.4, -0.2) is 26.1 Å². The number of nitrogens with zero attached hydrogens (tertiary/aromatic N) is 4. The molecule has 1 heterocycles. The van der Waals surface area contributed by atoms with E-state index in [0.29, 0.717) is 5.82 Å². The molecule has 2 aromatic carbocycles. The van der Waals surface area contributed by atoms with Crippen molar-refractivity contribution in [2.24, 2.45) is 0 Å². The number of tetrazole rings is 1. The summed E-state index contributed by atoms with van der Waals surface area (Å²) >= 11 is 0. The molecule has 3 aromatic rings. The third-order valence-electron chi connectivity index (χ3n) is 4.39. The van der Waals surface area contributed by atoms with E-state index in [1.165, 1.54) is 10.4 Å². The zero-order chi connectivity index (χ0) is 18.5. The molecule has 134 valence electrons. The molecule has 0 unspecified atom stereocenters. The van der Waals surface area contributed by atoms with Gasteiger partial charge in [-0.25, -0.2) is 0 Å². The van der Waals surface area contributed by atoms with Gasteiger partial charge in [0.2, 0.25) is 11.7 Å². The average molecular weight is 349 g/mol. The van der Waals surface area contributed by atoms with Gasteiger partial charge in [-0.1, -0.05) is 55.5 Å². The van der Waals surface area contributed by atoms with Gasteiger partial charge in [0.15, 0.2) is 0 Å². The monoisotopic (exact) mass is 349 g/mol. The van der Waals surface area contributed by atoms with Crippen LogP contribution in [0, 0.1) is 6.92 Å². The normalized spacial score (nSPS) is 12.0. The lowest BCUT2D eigenvalue weighted by Gasteiger charge is -2.14. The van der Waals surface area contributed by atoms with Crippen molar-refractivity contribution in [3.05, 3.63) is 65.2 Å². The second kappa shape index (κ2) is 7.91. The smallest absolute Gasteiger partial charge is 0.244 e. The first-order valence-electron chi connectivity index (χ1n) is 8.79. The summed E-state index contributed by atoms with van der Waals surface area (Å²) in [7, 11) is 0. The Morgan fingerprint density at radius 3 is 2.58 bits per heavy atom. The molecular formula is C20H23N5O. The topological polar surface area (TPSA) is 72.7 Å². The van der Waals surface area contributed by atoms with Gasteiger partial charge in [0.05, 0.1) is 6.04 Å². The van der Waals surface area contributed by atoms with E-state index >= 15 is 0 Å². The largest absolute Gasteiger partial charge is 0.348 e. The van der Waals surface area contributed by atoms with E-state index in [2.05, 4.69) is 39.8 Å². The number of benzene rings is 2. The fourth-order valence-electron chi connectivity index (χ4n) is 2.78. The minimum absolute atomic E-state index is 0.0380. The van der Waals surface area contributed by atoms with Crippen LogP contribution < -0.4 is 5.32 Å². The second-order valence-electron chi connectivity index (χ2n) is 6.34. The van der Waals surface area contributed by atoms with Gasteiger partial charge < -0.3 is 5.32 Å². The van der Waals surface area contributed by atoms with Crippen molar-refractivity contribution in [2.45, 2.75) is 39.8 Å². The minimum Gasteiger partial charge on any atom is -0.348 e. The fraction of sp³-hybridized carbons (Fsp3) is 0.300. The molecule has 0 radical (unpaired) electrons. The lowest BCUT2D eigenvalue weighted by atomic mass is 10.1. The van der Waals surface area contributed by atoms with Crippen molar-refractivity contribution in [3.63, 3.8) is 0 Å². The molecule has 6 nitrogen and oxygen atoms in total. The first-order valence-corrected chi connectivity index (χ1v) is 8.79. The van der Waals surface area contributed by atoms with E-state index in [-0.39, 0.29) is 18.5 Å². The number of nitrogens with one attached hydrogen (secondary N) is 1. The molecule has 0 aliphatic rings. The first kappa shape index (κ1) is 17.8. The zero-order valence-corrected chi connectivity index (χ0v) is 15.3. The maximum atomic E-state index is 12.3. The average Bonchev–Trinajstić information content (AvgIpc) is 3.10. The number of carbonyl (C=O) groups is 1. The molecule has 0 saturated carbocycles. The molecule has 0 aliphatic heterocycles. The van der Waals surface area contributed by atoms with E-state index in [1.54, 1.807) is 0 Å². The number of aromatic nitrogens is 4. The van der Waals surface area contributed by atoms with Gasteiger partial charge in [0, 0.05) is 5.56 Å². The van der Waals surface area contributed by atoms with Crippen LogP contribution in [0.4, 0.5) is 0 Å². The second-order valence-corrected chi connectivity index (χ2v) is 6.34. The van der Waals surface area contributed by atoms with E-state index < -0.39 is 0 Å². The third kappa shape index (κ3) is 4.14. The van der Waals surface area contributed by atoms with Crippen molar-refractivity contribution in [2.75, 3.05) is 0 Å². The van der Waals surface area contributed by atoms with Crippen LogP contribution in [0.2, 0.25) is 0 Å². The Morgan fingerprint density at radius 2 is 1.88 bits per heavy atom. The Kier molecular flexibility index (Phi) is 5.41.